The monoisotopic (exact) mass is 1610 g/mol. The Morgan fingerprint density at radius 1 is 0.266 bits per heavy atom. The minimum atomic E-state index is 0.439. The Bertz CT molecular complexity index is 7830. The lowest BCUT2D eigenvalue weighted by Gasteiger charge is -2.10. The predicted molar refractivity (Wildman–Crippen MR) is 505 cm³/mol. The second kappa shape index (κ2) is 33.5. The highest BCUT2D eigenvalue weighted by Crippen LogP contribution is 2.49. The van der Waals surface area contributed by atoms with E-state index < -0.39 is 0 Å². The van der Waals surface area contributed by atoms with Crippen molar-refractivity contribution in [3.63, 3.8) is 0 Å². The molecular formula is C112H92N8O4+4. The topological polar surface area (TPSA) is 85.5 Å². The van der Waals surface area contributed by atoms with Gasteiger partial charge in [0.25, 0.3) is 0 Å². The number of fused-ring (bicyclic) bond motifs is 12. The summed E-state index contributed by atoms with van der Waals surface area (Å²) < 4.78 is 34.4. The van der Waals surface area contributed by atoms with E-state index in [1.807, 2.05) is 146 Å². The number of benzene rings is 12. The van der Waals surface area contributed by atoms with E-state index in [-0.39, 0.29) is 0 Å². The molecule has 0 aliphatic heterocycles. The molecule has 0 amide bonds. The summed E-state index contributed by atoms with van der Waals surface area (Å²) >= 11 is 0. The van der Waals surface area contributed by atoms with Crippen LogP contribution in [0.1, 0.15) is 84.0 Å². The van der Waals surface area contributed by atoms with E-state index in [0.29, 0.717) is 34.6 Å². The molecule has 0 bridgehead atoms. The molecule has 0 aliphatic rings. The van der Waals surface area contributed by atoms with Gasteiger partial charge in [0.15, 0.2) is 47.5 Å². The molecule has 0 saturated carbocycles. The van der Waals surface area contributed by atoms with Gasteiger partial charge in [-0.05, 0) is 194 Å². The molecule has 0 N–H and O–H groups in total. The van der Waals surface area contributed by atoms with Crippen molar-refractivity contribution in [2.75, 3.05) is 0 Å². The summed E-state index contributed by atoms with van der Waals surface area (Å²) in [6, 6.07) is 90.2. The van der Waals surface area contributed by atoms with Crippen LogP contribution in [0.25, 0.3) is 197 Å². The van der Waals surface area contributed by atoms with E-state index >= 15 is 0 Å². The molecule has 0 aliphatic carbocycles. The van der Waals surface area contributed by atoms with Gasteiger partial charge < -0.3 is 17.7 Å². The molecular weight excluding hydrogens is 1520 g/mol. The largest absolute Gasteiger partial charge is 0.455 e. The van der Waals surface area contributed by atoms with Gasteiger partial charge in [-0.1, -0.05) is 173 Å². The third-order valence-electron chi connectivity index (χ3n) is 23.9. The van der Waals surface area contributed by atoms with Gasteiger partial charge in [-0.25, -0.2) is 37.6 Å². The average Bonchev–Trinajstić information content (AvgIpc) is 1.60. The first-order valence-corrected chi connectivity index (χ1v) is 41.7. The zero-order valence-electron chi connectivity index (χ0n) is 72.1. The van der Waals surface area contributed by atoms with Gasteiger partial charge in [-0.15, -0.1) is 0 Å². The van der Waals surface area contributed by atoms with Crippen molar-refractivity contribution in [3.05, 3.63) is 382 Å². The van der Waals surface area contributed by atoms with Gasteiger partial charge >= 0.3 is 0 Å². The Morgan fingerprint density at radius 3 is 0.871 bits per heavy atom. The van der Waals surface area contributed by atoms with Crippen molar-refractivity contribution >= 4 is 111 Å². The minimum absolute atomic E-state index is 0.439. The van der Waals surface area contributed by atoms with Crippen molar-refractivity contribution in [3.8, 4) is 89.5 Å². The first kappa shape index (κ1) is 80.8. The van der Waals surface area contributed by atoms with Crippen LogP contribution < -0.4 is 18.3 Å². The second-order valence-corrected chi connectivity index (χ2v) is 32.9. The average molecular weight is 1610 g/mol. The highest BCUT2D eigenvalue weighted by atomic mass is 16.3. The van der Waals surface area contributed by atoms with Crippen LogP contribution in [0.4, 0.5) is 22.7 Å². The molecule has 8 heterocycles. The van der Waals surface area contributed by atoms with Crippen LogP contribution in [0, 0.1) is 67.8 Å². The first-order chi connectivity index (χ1) is 60.1. The van der Waals surface area contributed by atoms with Gasteiger partial charge in [0.05, 0.1) is 48.5 Å². The molecule has 600 valence electrons. The number of hydrogen-bond donors (Lipinski definition) is 0. The summed E-state index contributed by atoms with van der Waals surface area (Å²) in [7, 11) is 8.32. The van der Waals surface area contributed by atoms with Crippen LogP contribution in [0.15, 0.2) is 309 Å². The van der Waals surface area contributed by atoms with E-state index in [0.717, 1.165) is 177 Å². The van der Waals surface area contributed by atoms with Gasteiger partial charge in [0, 0.05) is 113 Å². The predicted octanol–water partition coefficient (Wildman–Crippen LogP) is 29.3. The molecule has 20 rings (SSSR count). The maximum atomic E-state index is 7.70. The molecule has 8 aromatic heterocycles. The number of pyridine rings is 4. The molecule has 12 nitrogen and oxygen atoms in total. The molecule has 20 aromatic rings. The Morgan fingerprint density at radius 2 is 0.565 bits per heavy atom. The Labute approximate surface area is 722 Å². The Kier molecular flexibility index (Phi) is 21.9. The van der Waals surface area contributed by atoms with E-state index in [9.17, 15) is 0 Å². The lowest BCUT2D eigenvalue weighted by atomic mass is 9.94. The molecule has 0 fully saturated rings. The fourth-order valence-corrected chi connectivity index (χ4v) is 17.5. The van der Waals surface area contributed by atoms with Crippen molar-refractivity contribution in [2.24, 2.45) is 28.2 Å². The van der Waals surface area contributed by atoms with Crippen LogP contribution in [-0.4, -0.2) is 0 Å². The summed E-state index contributed by atoms with van der Waals surface area (Å²) in [5.74, 6) is 0.908. The molecule has 12 aromatic carbocycles. The van der Waals surface area contributed by atoms with Gasteiger partial charge in [-0.2, -0.15) is 0 Å². The summed E-state index contributed by atoms with van der Waals surface area (Å²) in [6.45, 7) is 52.3. The van der Waals surface area contributed by atoms with Crippen LogP contribution in [0.5, 0.6) is 0 Å². The van der Waals surface area contributed by atoms with Crippen molar-refractivity contribution in [1.82, 2.24) is 0 Å². The Hall–Kier alpha value is -15.6. The van der Waals surface area contributed by atoms with Crippen LogP contribution in [0.2, 0.25) is 0 Å². The number of hydrogen-bond acceptors (Lipinski definition) is 4. The number of aromatic nitrogens is 4. The number of rotatable bonds is 10. The summed E-state index contributed by atoms with van der Waals surface area (Å²) in [5, 5.41) is 8.20. The van der Waals surface area contributed by atoms with Gasteiger partial charge in [0.2, 0.25) is 22.8 Å². The van der Waals surface area contributed by atoms with Crippen LogP contribution in [-0.2, 0) is 28.2 Å². The molecule has 0 unspecified atom stereocenters. The fourth-order valence-electron chi connectivity index (χ4n) is 17.5. The van der Waals surface area contributed by atoms with E-state index in [2.05, 4.69) is 281 Å². The van der Waals surface area contributed by atoms with Crippen molar-refractivity contribution in [2.45, 2.75) is 81.1 Å². The van der Waals surface area contributed by atoms with Gasteiger partial charge in [-0.3, -0.25) is 0 Å². The Balaban J connectivity index is 0.000000117. The summed E-state index contributed by atoms with van der Waals surface area (Å²) in [6.07, 6.45) is 8.56. The molecule has 0 spiro atoms. The summed E-state index contributed by atoms with van der Waals surface area (Å²) in [5.41, 5.74) is 36.0. The third-order valence-corrected chi connectivity index (χ3v) is 23.9. The highest BCUT2D eigenvalue weighted by molar-refractivity contribution is 6.20. The standard InChI is InChI=1S/2C29H25N2O.2C27H21N2O/c1-18(2)21-12-13-25(31(5)17-21)27-19(3)11-14-26-28(27)24-16-22(30-4)15-23(29(24)32-26)20-9-7-6-8-10-20;1-18(2)21-13-14-31(5)25(15-21)27-19(3)11-12-26-28(27)24-17-22(30-4)16-23(29(24)32-26)20-9-7-6-8-10-20;1-17-10-12-23(29(4)16-17)25-18(2)11-13-24-26(25)22-15-20(28-3)14-21(27(22)30-24)19-8-6-5-7-9-19;1-17-12-13-29(4)23(14-17)25-18(2)10-11-24-26(25)22-16-20(28-3)15-21(27(22)30-24)19-8-6-5-7-9-19/h2*6-18H,1-3,5H3;2*5-16H,1-2,4H3/q4*+1. The van der Waals surface area contributed by atoms with E-state index in [1.165, 1.54) is 44.5 Å². The summed E-state index contributed by atoms with van der Waals surface area (Å²) in [4.78, 5) is 15.0. The van der Waals surface area contributed by atoms with Crippen molar-refractivity contribution < 1.29 is 35.9 Å². The second-order valence-electron chi connectivity index (χ2n) is 32.9. The van der Waals surface area contributed by atoms with Crippen molar-refractivity contribution in [1.29, 1.82) is 0 Å². The number of furan rings is 4. The van der Waals surface area contributed by atoms with Crippen LogP contribution >= 0.6 is 0 Å². The smallest absolute Gasteiger partial charge is 0.213 e. The molecule has 0 radical (unpaired) electrons. The first-order valence-electron chi connectivity index (χ1n) is 41.7. The minimum Gasteiger partial charge on any atom is -0.455 e. The zero-order chi connectivity index (χ0) is 86.5. The lowest BCUT2D eigenvalue weighted by Crippen LogP contribution is -2.31. The maximum Gasteiger partial charge on any atom is 0.213 e. The molecule has 124 heavy (non-hydrogen) atoms. The van der Waals surface area contributed by atoms with Crippen LogP contribution in [0.3, 0.4) is 0 Å². The molecule has 0 saturated heterocycles. The highest BCUT2D eigenvalue weighted by Gasteiger charge is 2.29. The van der Waals surface area contributed by atoms with E-state index in [4.69, 9.17) is 44.0 Å². The third kappa shape index (κ3) is 15.0. The molecule has 0 atom stereocenters. The zero-order valence-corrected chi connectivity index (χ0v) is 72.1. The van der Waals surface area contributed by atoms with Gasteiger partial charge in [0.1, 0.15) is 72.9 Å². The maximum absolute atomic E-state index is 7.70. The number of nitrogens with zero attached hydrogens (tertiary/aromatic N) is 8. The molecule has 12 heteroatoms. The normalized spacial score (nSPS) is 11.3. The van der Waals surface area contributed by atoms with E-state index in [1.54, 1.807) is 0 Å². The quantitative estimate of drug-likeness (QED) is 0.101. The fraction of sp³-hybridized carbons (Fsp3) is 0.143. The number of aryl methyl sites for hydroxylation is 10. The SMILES string of the molecule is [C-]#[N+]c1cc(-c2ccccc2)c2oc3ccc(C)c(-c4cc(C(C)C)cc[n+]4C)c3c2c1.[C-]#[N+]c1cc(-c2ccccc2)c2oc3ccc(C)c(-c4cc(C)cc[n+]4C)c3c2c1.[C-]#[N+]c1cc(-c2ccccc2)c2oc3ccc(C)c(-c4ccc(C(C)C)c[n+]4C)c3c2c1.[C-]#[N+]c1cc(-c2ccccc2)c2oc3ccc(C)c(-c4ccc(C)c[n+]4C)c3c2c1. The lowest BCUT2D eigenvalue weighted by molar-refractivity contribution is -0.660.